The maximum atomic E-state index is 5.80. The molecule has 0 bridgehead atoms. The summed E-state index contributed by atoms with van der Waals surface area (Å²) in [6.45, 7) is 6.29. The van der Waals surface area contributed by atoms with Crippen LogP contribution < -0.4 is 5.73 Å². The number of rotatable bonds is 3. The van der Waals surface area contributed by atoms with Crippen LogP contribution in [-0.2, 0) is 0 Å². The number of hydrogen-bond donors (Lipinski definition) is 1. The van der Waals surface area contributed by atoms with Crippen LogP contribution in [0.5, 0.6) is 0 Å². The molecule has 2 rings (SSSR count). The van der Waals surface area contributed by atoms with Crippen LogP contribution in [0.15, 0.2) is 22.8 Å². The Hall–Kier alpha value is -0.940. The Morgan fingerprint density at radius 2 is 2.06 bits per heavy atom. The second kappa shape index (κ2) is 4.97. The van der Waals surface area contributed by atoms with E-state index in [1.807, 2.05) is 25.3 Å². The number of halogens is 1. The average molecular weight is 326 g/mol. The van der Waals surface area contributed by atoms with Crippen molar-refractivity contribution in [2.24, 2.45) is 5.73 Å². The molecular weight excluding hydrogens is 310 g/mol. The van der Waals surface area contributed by atoms with E-state index in [2.05, 4.69) is 39.2 Å². The van der Waals surface area contributed by atoms with Gasteiger partial charge in [-0.2, -0.15) is 0 Å². The van der Waals surface area contributed by atoms with Crippen LogP contribution in [0.4, 0.5) is 0 Å². The van der Waals surface area contributed by atoms with Crippen molar-refractivity contribution >= 4 is 38.8 Å². The Balaban J connectivity index is 2.76. The first kappa shape index (κ1) is 13.5. The number of aromatic nitrogens is 2. The summed E-state index contributed by atoms with van der Waals surface area (Å²) in [5.74, 6) is 0.358. The van der Waals surface area contributed by atoms with E-state index in [0.717, 1.165) is 21.5 Å². The molecule has 0 aliphatic heterocycles. The lowest BCUT2D eigenvalue weighted by Crippen LogP contribution is -2.19. The van der Waals surface area contributed by atoms with Crippen LogP contribution in [0.2, 0.25) is 0 Å². The van der Waals surface area contributed by atoms with Crippen LogP contribution in [0.3, 0.4) is 0 Å². The maximum absolute atomic E-state index is 5.80. The molecular formula is C13H16BrN3S. The zero-order chi connectivity index (χ0) is 13.4. The molecule has 0 spiro atoms. The van der Waals surface area contributed by atoms with E-state index in [9.17, 15) is 0 Å². The molecule has 0 amide bonds. The van der Waals surface area contributed by atoms with Crippen LogP contribution in [0.25, 0.3) is 5.65 Å². The van der Waals surface area contributed by atoms with E-state index in [0.29, 0.717) is 10.9 Å². The first-order valence-corrected chi connectivity index (χ1v) is 7.08. The zero-order valence-corrected chi connectivity index (χ0v) is 13.0. The standard InChI is InChI=1S/C13H16BrN3S/c1-7(2)11-12(8(3)13(15)18)17-6-9(14)4-5-10(17)16-11/h4-8H,1-3H3,(H2,15,18). The molecule has 96 valence electrons. The van der Waals surface area contributed by atoms with Crippen LogP contribution in [-0.4, -0.2) is 14.4 Å². The van der Waals surface area contributed by atoms with E-state index in [1.165, 1.54) is 0 Å². The topological polar surface area (TPSA) is 43.3 Å². The fourth-order valence-electron chi connectivity index (χ4n) is 2.05. The molecule has 0 aliphatic rings. The first-order chi connectivity index (χ1) is 8.41. The maximum Gasteiger partial charge on any atom is 0.137 e. The summed E-state index contributed by atoms with van der Waals surface area (Å²) in [6.07, 6.45) is 2.01. The molecule has 18 heavy (non-hydrogen) atoms. The molecule has 2 aromatic heterocycles. The highest BCUT2D eigenvalue weighted by Gasteiger charge is 2.21. The number of fused-ring (bicyclic) bond motifs is 1. The molecule has 0 radical (unpaired) electrons. The van der Waals surface area contributed by atoms with Crippen molar-refractivity contribution in [3.63, 3.8) is 0 Å². The largest absolute Gasteiger partial charge is 0.393 e. The highest BCUT2D eigenvalue weighted by Crippen LogP contribution is 2.28. The summed E-state index contributed by atoms with van der Waals surface area (Å²) in [5, 5.41) is 0. The lowest BCUT2D eigenvalue weighted by molar-refractivity contribution is 0.791. The quantitative estimate of drug-likeness (QED) is 0.876. The summed E-state index contributed by atoms with van der Waals surface area (Å²) >= 11 is 8.62. The second-order valence-corrected chi connectivity index (χ2v) is 6.12. The predicted molar refractivity (Wildman–Crippen MR) is 82.2 cm³/mol. The number of pyridine rings is 1. The van der Waals surface area contributed by atoms with E-state index in [-0.39, 0.29) is 5.92 Å². The van der Waals surface area contributed by atoms with E-state index < -0.39 is 0 Å². The number of imidazole rings is 1. The zero-order valence-electron chi connectivity index (χ0n) is 10.6. The van der Waals surface area contributed by atoms with Gasteiger partial charge in [0.15, 0.2) is 0 Å². The van der Waals surface area contributed by atoms with Gasteiger partial charge in [-0.3, -0.25) is 0 Å². The van der Waals surface area contributed by atoms with E-state index in [1.54, 1.807) is 0 Å². The summed E-state index contributed by atoms with van der Waals surface area (Å²) in [7, 11) is 0. The van der Waals surface area contributed by atoms with Gasteiger partial charge in [-0.05, 0) is 34.0 Å². The normalized spacial score (nSPS) is 13.2. The smallest absolute Gasteiger partial charge is 0.137 e. The van der Waals surface area contributed by atoms with Crippen molar-refractivity contribution in [2.45, 2.75) is 32.6 Å². The Kier molecular flexibility index (Phi) is 3.73. The third-order valence-corrected chi connectivity index (χ3v) is 3.85. The van der Waals surface area contributed by atoms with Crippen molar-refractivity contribution in [1.82, 2.24) is 9.38 Å². The van der Waals surface area contributed by atoms with Gasteiger partial charge < -0.3 is 10.1 Å². The molecule has 2 N–H and O–H groups in total. The summed E-state index contributed by atoms with van der Waals surface area (Å²) in [4.78, 5) is 5.18. The number of nitrogens with zero attached hydrogens (tertiary/aromatic N) is 2. The molecule has 1 unspecified atom stereocenters. The van der Waals surface area contributed by atoms with Gasteiger partial charge >= 0.3 is 0 Å². The van der Waals surface area contributed by atoms with Crippen molar-refractivity contribution < 1.29 is 0 Å². The Morgan fingerprint density at radius 1 is 1.39 bits per heavy atom. The Morgan fingerprint density at radius 3 is 2.61 bits per heavy atom. The molecule has 3 nitrogen and oxygen atoms in total. The second-order valence-electron chi connectivity index (χ2n) is 4.74. The highest BCUT2D eigenvalue weighted by molar-refractivity contribution is 9.10. The van der Waals surface area contributed by atoms with Gasteiger partial charge in [0.05, 0.1) is 16.4 Å². The lowest BCUT2D eigenvalue weighted by atomic mass is 10.00. The predicted octanol–water partition coefficient (Wildman–Crippen LogP) is 3.61. The molecule has 2 aromatic rings. The molecule has 0 saturated heterocycles. The van der Waals surface area contributed by atoms with Gasteiger partial charge in [-0.1, -0.05) is 33.0 Å². The number of thiocarbonyl (C=S) groups is 1. The van der Waals surface area contributed by atoms with E-state index >= 15 is 0 Å². The number of nitrogens with two attached hydrogens (primary N) is 1. The Labute approximate surface area is 121 Å². The van der Waals surface area contributed by atoms with Crippen LogP contribution in [0, 0.1) is 0 Å². The summed E-state index contributed by atoms with van der Waals surface area (Å²) in [5.41, 5.74) is 8.89. The molecule has 0 aromatic carbocycles. The minimum atomic E-state index is 0.0155. The molecule has 0 saturated carbocycles. The van der Waals surface area contributed by atoms with Gasteiger partial charge in [-0.15, -0.1) is 0 Å². The highest BCUT2D eigenvalue weighted by atomic mass is 79.9. The third-order valence-electron chi connectivity index (χ3n) is 3.03. The van der Waals surface area contributed by atoms with Crippen molar-refractivity contribution in [3.05, 3.63) is 34.2 Å². The van der Waals surface area contributed by atoms with Gasteiger partial charge in [0.1, 0.15) is 5.65 Å². The summed E-state index contributed by atoms with van der Waals surface area (Å²) < 4.78 is 3.09. The van der Waals surface area contributed by atoms with Gasteiger partial charge in [-0.25, -0.2) is 4.98 Å². The van der Waals surface area contributed by atoms with Crippen LogP contribution in [0.1, 0.15) is 44.0 Å². The third kappa shape index (κ3) is 2.29. The minimum absolute atomic E-state index is 0.0155. The monoisotopic (exact) mass is 325 g/mol. The fourth-order valence-corrected chi connectivity index (χ4v) is 2.49. The van der Waals surface area contributed by atoms with Gasteiger partial charge in [0.2, 0.25) is 0 Å². The molecule has 0 aliphatic carbocycles. The molecule has 1 atom stereocenters. The average Bonchev–Trinajstić information content (AvgIpc) is 2.66. The Bertz CT molecular complexity index is 604. The first-order valence-electron chi connectivity index (χ1n) is 5.88. The van der Waals surface area contributed by atoms with Gasteiger partial charge in [0, 0.05) is 16.6 Å². The minimum Gasteiger partial charge on any atom is -0.393 e. The molecule has 0 fully saturated rings. The van der Waals surface area contributed by atoms with Crippen molar-refractivity contribution in [3.8, 4) is 0 Å². The lowest BCUT2D eigenvalue weighted by Gasteiger charge is -2.13. The molecule has 5 heteroatoms. The van der Waals surface area contributed by atoms with E-state index in [4.69, 9.17) is 18.0 Å². The molecule has 2 heterocycles. The van der Waals surface area contributed by atoms with Crippen LogP contribution >= 0.6 is 28.1 Å². The SMILES string of the molecule is CC(C)c1nc2ccc(Br)cn2c1C(C)C(N)=S. The van der Waals surface area contributed by atoms with Crippen molar-refractivity contribution in [2.75, 3.05) is 0 Å². The van der Waals surface area contributed by atoms with Gasteiger partial charge in [0.25, 0.3) is 0 Å². The fraction of sp³-hybridized carbons (Fsp3) is 0.385. The van der Waals surface area contributed by atoms with Crippen molar-refractivity contribution in [1.29, 1.82) is 0 Å². The summed E-state index contributed by atoms with van der Waals surface area (Å²) in [6, 6.07) is 3.98. The number of hydrogen-bond acceptors (Lipinski definition) is 2.